The van der Waals surface area contributed by atoms with Gasteiger partial charge in [0.2, 0.25) is 0 Å². The number of hydrogen-bond donors (Lipinski definition) is 2. The number of benzene rings is 1. The maximum Gasteiger partial charge on any atom is 0.138 e. The highest BCUT2D eigenvalue weighted by Gasteiger charge is 2.19. The van der Waals surface area contributed by atoms with Crippen molar-refractivity contribution < 1.29 is 0 Å². The zero-order chi connectivity index (χ0) is 15.6. The van der Waals surface area contributed by atoms with Crippen LogP contribution in [0, 0.1) is 3.57 Å². The molecule has 0 aliphatic rings. The fraction of sp³-hybridized carbons (Fsp3) is 0.333. The molecule has 0 saturated carbocycles. The minimum atomic E-state index is -0.115. The third-order valence-electron chi connectivity index (χ3n) is 2.85. The van der Waals surface area contributed by atoms with Gasteiger partial charge in [-0.3, -0.25) is 0 Å². The normalized spacial score (nSPS) is 11.3. The molecule has 0 fully saturated rings. The molecule has 1 heterocycles. The van der Waals surface area contributed by atoms with Crippen molar-refractivity contribution in [3.05, 3.63) is 38.7 Å². The molecule has 21 heavy (non-hydrogen) atoms. The van der Waals surface area contributed by atoms with Crippen LogP contribution < -0.4 is 10.6 Å². The Morgan fingerprint density at radius 2 is 1.76 bits per heavy atom. The number of rotatable bonds is 3. The first-order valence-electron chi connectivity index (χ1n) is 6.59. The second-order valence-corrected chi connectivity index (χ2v) is 7.31. The summed E-state index contributed by atoms with van der Waals surface area (Å²) in [6.07, 6.45) is 0. The quantitative estimate of drug-likeness (QED) is 0.705. The molecular weight excluding hydrogens is 399 g/mol. The molecule has 0 aliphatic carbocycles. The second-order valence-electron chi connectivity index (χ2n) is 5.71. The number of nitrogens with one attached hydrogen (secondary N) is 2. The van der Waals surface area contributed by atoms with E-state index in [0.717, 1.165) is 31.7 Å². The molecule has 2 N–H and O–H groups in total. The third-order valence-corrected chi connectivity index (χ3v) is 3.97. The van der Waals surface area contributed by atoms with Gasteiger partial charge >= 0.3 is 0 Å². The summed E-state index contributed by atoms with van der Waals surface area (Å²) >= 11 is 8.23. The van der Waals surface area contributed by atoms with Crippen molar-refractivity contribution in [3.63, 3.8) is 0 Å². The monoisotopic (exact) mass is 416 g/mol. The van der Waals surface area contributed by atoms with Gasteiger partial charge in [0, 0.05) is 27.1 Å². The molecule has 112 valence electrons. The number of aromatic nitrogens is 2. The molecule has 1 aromatic carbocycles. The van der Waals surface area contributed by atoms with Crippen molar-refractivity contribution in [2.24, 2.45) is 0 Å². The Morgan fingerprint density at radius 3 is 2.33 bits per heavy atom. The fourth-order valence-electron chi connectivity index (χ4n) is 1.70. The molecule has 6 heteroatoms. The smallest absolute Gasteiger partial charge is 0.138 e. The Labute approximate surface area is 143 Å². The summed E-state index contributed by atoms with van der Waals surface area (Å²) in [6, 6.07) is 7.61. The Balaban J connectivity index is 2.39. The van der Waals surface area contributed by atoms with Gasteiger partial charge in [-0.2, -0.15) is 0 Å². The van der Waals surface area contributed by atoms with Crippen LogP contribution in [0.25, 0.3) is 0 Å². The van der Waals surface area contributed by atoms with Gasteiger partial charge in [0.05, 0.1) is 5.69 Å². The Hall–Kier alpha value is -1.08. The van der Waals surface area contributed by atoms with Gasteiger partial charge in [0.1, 0.15) is 17.5 Å². The standard InChI is InChI=1S/C15H18ClIN4/c1-15(2,3)14-20-12(18-4)8-13(21-14)19-11-6-5-9(16)7-10(11)17/h5-8H,1-4H3,(H2,18,19,20,21). The molecule has 0 bridgehead atoms. The van der Waals surface area contributed by atoms with Crippen LogP contribution in [0.3, 0.4) is 0 Å². The van der Waals surface area contributed by atoms with Gasteiger partial charge in [0.15, 0.2) is 0 Å². The van der Waals surface area contributed by atoms with E-state index in [0.29, 0.717) is 0 Å². The molecule has 0 amide bonds. The topological polar surface area (TPSA) is 49.8 Å². The lowest BCUT2D eigenvalue weighted by molar-refractivity contribution is 0.547. The van der Waals surface area contributed by atoms with Crippen LogP contribution in [0.2, 0.25) is 5.02 Å². The number of hydrogen-bond acceptors (Lipinski definition) is 4. The maximum absolute atomic E-state index is 5.98. The Bertz CT molecular complexity index is 653. The SMILES string of the molecule is CNc1cc(Nc2ccc(Cl)cc2I)nc(C(C)(C)C)n1. The van der Waals surface area contributed by atoms with Crippen molar-refractivity contribution in [1.29, 1.82) is 0 Å². The minimum absolute atomic E-state index is 0.115. The van der Waals surface area contributed by atoms with E-state index in [1.807, 2.05) is 31.3 Å². The van der Waals surface area contributed by atoms with Gasteiger partial charge in [-0.15, -0.1) is 0 Å². The van der Waals surface area contributed by atoms with Crippen LogP contribution in [-0.4, -0.2) is 17.0 Å². The van der Waals surface area contributed by atoms with E-state index in [9.17, 15) is 0 Å². The highest BCUT2D eigenvalue weighted by molar-refractivity contribution is 14.1. The van der Waals surface area contributed by atoms with Gasteiger partial charge < -0.3 is 10.6 Å². The van der Waals surface area contributed by atoms with Crippen LogP contribution in [0.4, 0.5) is 17.3 Å². The van der Waals surface area contributed by atoms with E-state index in [2.05, 4.69) is 64.0 Å². The summed E-state index contributed by atoms with van der Waals surface area (Å²) in [6.45, 7) is 6.28. The molecular formula is C15H18ClIN4. The van der Waals surface area contributed by atoms with Crippen molar-refractivity contribution in [1.82, 2.24) is 9.97 Å². The summed E-state index contributed by atoms with van der Waals surface area (Å²) < 4.78 is 1.04. The van der Waals surface area contributed by atoms with Crippen LogP contribution in [0.5, 0.6) is 0 Å². The van der Waals surface area contributed by atoms with Crippen LogP contribution in [-0.2, 0) is 5.41 Å². The van der Waals surface area contributed by atoms with E-state index in [4.69, 9.17) is 11.6 Å². The lowest BCUT2D eigenvalue weighted by atomic mass is 9.96. The van der Waals surface area contributed by atoms with E-state index >= 15 is 0 Å². The third kappa shape index (κ3) is 4.20. The fourth-order valence-corrected chi connectivity index (χ4v) is 2.71. The highest BCUT2D eigenvalue weighted by atomic mass is 127. The summed E-state index contributed by atoms with van der Waals surface area (Å²) in [4.78, 5) is 9.13. The second kappa shape index (κ2) is 6.36. The van der Waals surface area contributed by atoms with Crippen LogP contribution >= 0.6 is 34.2 Å². The molecule has 0 saturated heterocycles. The van der Waals surface area contributed by atoms with Gasteiger partial charge in [-0.1, -0.05) is 32.4 Å². The van der Waals surface area contributed by atoms with E-state index in [-0.39, 0.29) is 5.41 Å². The van der Waals surface area contributed by atoms with Crippen molar-refractivity contribution in [3.8, 4) is 0 Å². The largest absolute Gasteiger partial charge is 0.373 e. The molecule has 1 aromatic heterocycles. The van der Waals surface area contributed by atoms with Gasteiger partial charge in [-0.25, -0.2) is 9.97 Å². The maximum atomic E-state index is 5.98. The molecule has 4 nitrogen and oxygen atoms in total. The highest BCUT2D eigenvalue weighted by Crippen LogP contribution is 2.27. The van der Waals surface area contributed by atoms with Crippen molar-refractivity contribution in [2.75, 3.05) is 17.7 Å². The number of nitrogens with zero attached hydrogens (tertiary/aromatic N) is 2. The lowest BCUT2D eigenvalue weighted by Crippen LogP contribution is -2.17. The average molecular weight is 417 g/mol. The first kappa shape index (κ1) is 16.3. The predicted molar refractivity (Wildman–Crippen MR) is 97.7 cm³/mol. The van der Waals surface area contributed by atoms with E-state index < -0.39 is 0 Å². The number of halogens is 2. The first-order valence-corrected chi connectivity index (χ1v) is 8.04. The average Bonchev–Trinajstić information content (AvgIpc) is 2.40. The summed E-state index contributed by atoms with van der Waals surface area (Å²) in [5, 5.41) is 7.13. The van der Waals surface area contributed by atoms with Crippen molar-refractivity contribution >= 4 is 51.5 Å². The lowest BCUT2D eigenvalue weighted by Gasteiger charge is -2.19. The zero-order valence-corrected chi connectivity index (χ0v) is 15.4. The Kier molecular flexibility index (Phi) is 4.93. The molecule has 0 radical (unpaired) electrons. The van der Waals surface area contributed by atoms with E-state index in [1.54, 1.807) is 0 Å². The van der Waals surface area contributed by atoms with Crippen LogP contribution in [0.1, 0.15) is 26.6 Å². The zero-order valence-electron chi connectivity index (χ0n) is 12.5. The summed E-state index contributed by atoms with van der Waals surface area (Å²) in [5.74, 6) is 2.35. The summed E-state index contributed by atoms with van der Waals surface area (Å²) in [5.41, 5.74) is 0.858. The van der Waals surface area contributed by atoms with E-state index in [1.165, 1.54) is 0 Å². The molecule has 2 aromatic rings. The molecule has 0 atom stereocenters. The first-order chi connectivity index (χ1) is 9.79. The van der Waals surface area contributed by atoms with Crippen LogP contribution in [0.15, 0.2) is 24.3 Å². The number of anilines is 3. The van der Waals surface area contributed by atoms with Gasteiger partial charge in [-0.05, 0) is 40.8 Å². The predicted octanol–water partition coefficient (Wildman–Crippen LogP) is 4.82. The molecule has 2 rings (SSSR count). The van der Waals surface area contributed by atoms with Gasteiger partial charge in [0.25, 0.3) is 0 Å². The summed E-state index contributed by atoms with van der Waals surface area (Å²) in [7, 11) is 1.85. The van der Waals surface area contributed by atoms with Crippen molar-refractivity contribution in [2.45, 2.75) is 26.2 Å². The molecule has 0 unspecified atom stereocenters. The minimum Gasteiger partial charge on any atom is -0.373 e. The Morgan fingerprint density at radius 1 is 1.10 bits per heavy atom. The molecule has 0 aliphatic heterocycles. The molecule has 0 spiro atoms.